The van der Waals surface area contributed by atoms with Crippen LogP contribution in [0.5, 0.6) is 0 Å². The summed E-state index contributed by atoms with van der Waals surface area (Å²) < 4.78 is 0. The van der Waals surface area contributed by atoms with Crippen LogP contribution in [0.3, 0.4) is 0 Å². The molecule has 18 heavy (non-hydrogen) atoms. The van der Waals surface area contributed by atoms with Gasteiger partial charge in [0.1, 0.15) is 0 Å². The van der Waals surface area contributed by atoms with Crippen LogP contribution in [-0.2, 0) is 0 Å². The molecule has 2 nitrogen and oxygen atoms in total. The third kappa shape index (κ3) is 2.73. The number of piperidine rings is 1. The van der Waals surface area contributed by atoms with E-state index in [2.05, 4.69) is 41.5 Å². The largest absolute Gasteiger partial charge is 0.306 e. The standard InChI is InChI=1S/C15H22N2S/c1-17-9-4-5-12(11-17)16-14-8-10-18-15-7-3-2-6-13(14)15/h2-3,6-7,12,14,16H,4-5,8-11H2,1H3. The molecular formula is C15H22N2S. The van der Waals surface area contributed by atoms with Gasteiger partial charge in [-0.3, -0.25) is 0 Å². The summed E-state index contributed by atoms with van der Waals surface area (Å²) in [6.07, 6.45) is 3.93. The maximum atomic E-state index is 3.89. The minimum absolute atomic E-state index is 0.568. The normalized spacial score (nSPS) is 28.9. The molecule has 3 rings (SSSR count). The highest BCUT2D eigenvalue weighted by Gasteiger charge is 2.24. The molecule has 3 heteroatoms. The van der Waals surface area contributed by atoms with Gasteiger partial charge in [-0.25, -0.2) is 0 Å². The summed E-state index contributed by atoms with van der Waals surface area (Å²) in [7, 11) is 2.23. The Hall–Kier alpha value is -0.510. The molecule has 2 aliphatic heterocycles. The second kappa shape index (κ2) is 5.64. The summed E-state index contributed by atoms with van der Waals surface area (Å²) in [5.74, 6) is 1.25. The predicted molar refractivity (Wildman–Crippen MR) is 78.2 cm³/mol. The number of hydrogen-bond donors (Lipinski definition) is 1. The smallest absolute Gasteiger partial charge is 0.0342 e. The highest BCUT2D eigenvalue weighted by molar-refractivity contribution is 7.99. The molecule has 2 unspecified atom stereocenters. The molecule has 98 valence electrons. The lowest BCUT2D eigenvalue weighted by atomic mass is 9.99. The van der Waals surface area contributed by atoms with Crippen molar-refractivity contribution in [3.8, 4) is 0 Å². The van der Waals surface area contributed by atoms with Crippen LogP contribution in [0.25, 0.3) is 0 Å². The Morgan fingerprint density at radius 1 is 1.28 bits per heavy atom. The quantitative estimate of drug-likeness (QED) is 0.882. The van der Waals surface area contributed by atoms with Gasteiger partial charge in [-0.15, -0.1) is 11.8 Å². The van der Waals surface area contributed by atoms with Gasteiger partial charge in [0.2, 0.25) is 0 Å². The Morgan fingerprint density at radius 2 is 2.17 bits per heavy atom. The summed E-state index contributed by atoms with van der Waals surface area (Å²) in [4.78, 5) is 3.93. The van der Waals surface area contributed by atoms with E-state index in [0.29, 0.717) is 12.1 Å². The Kier molecular flexibility index (Phi) is 3.92. The average molecular weight is 262 g/mol. The fraction of sp³-hybridized carbons (Fsp3) is 0.600. The molecule has 1 aromatic carbocycles. The Bertz CT molecular complexity index is 407. The molecule has 0 radical (unpaired) electrons. The van der Waals surface area contributed by atoms with Crippen molar-refractivity contribution in [3.05, 3.63) is 29.8 Å². The van der Waals surface area contributed by atoms with Crippen molar-refractivity contribution in [1.82, 2.24) is 10.2 Å². The highest BCUT2D eigenvalue weighted by atomic mass is 32.2. The van der Waals surface area contributed by atoms with Crippen molar-refractivity contribution < 1.29 is 0 Å². The van der Waals surface area contributed by atoms with Gasteiger partial charge < -0.3 is 10.2 Å². The van der Waals surface area contributed by atoms with Gasteiger partial charge in [-0.2, -0.15) is 0 Å². The molecule has 0 saturated carbocycles. The van der Waals surface area contributed by atoms with Crippen LogP contribution in [0.15, 0.2) is 29.2 Å². The molecule has 1 aromatic rings. The Morgan fingerprint density at radius 3 is 3.06 bits per heavy atom. The van der Waals surface area contributed by atoms with E-state index in [4.69, 9.17) is 0 Å². The van der Waals surface area contributed by atoms with Crippen molar-refractivity contribution in [2.24, 2.45) is 0 Å². The second-order valence-electron chi connectivity index (χ2n) is 5.50. The molecule has 1 fully saturated rings. The van der Waals surface area contributed by atoms with Crippen molar-refractivity contribution in [2.45, 2.75) is 36.2 Å². The van der Waals surface area contributed by atoms with Gasteiger partial charge in [0.25, 0.3) is 0 Å². The van der Waals surface area contributed by atoms with E-state index >= 15 is 0 Å². The summed E-state index contributed by atoms with van der Waals surface area (Å²) in [5.41, 5.74) is 1.52. The van der Waals surface area contributed by atoms with Gasteiger partial charge in [0.15, 0.2) is 0 Å². The topological polar surface area (TPSA) is 15.3 Å². The van der Waals surface area contributed by atoms with Crippen LogP contribution in [0.4, 0.5) is 0 Å². The van der Waals surface area contributed by atoms with E-state index in [1.54, 1.807) is 0 Å². The van der Waals surface area contributed by atoms with Crippen LogP contribution in [0, 0.1) is 0 Å². The number of likely N-dealkylation sites (N-methyl/N-ethyl adjacent to an activating group) is 1. The third-order valence-corrected chi connectivity index (χ3v) is 5.14. The maximum Gasteiger partial charge on any atom is 0.0342 e. The minimum atomic E-state index is 0.568. The molecule has 0 aliphatic carbocycles. The van der Waals surface area contributed by atoms with Gasteiger partial charge in [0.05, 0.1) is 0 Å². The summed E-state index contributed by atoms with van der Waals surface area (Å²) >= 11 is 2.00. The minimum Gasteiger partial charge on any atom is -0.306 e. The molecule has 0 aromatic heterocycles. The van der Waals surface area contributed by atoms with E-state index in [1.165, 1.54) is 48.6 Å². The van der Waals surface area contributed by atoms with Gasteiger partial charge in [0, 0.05) is 23.5 Å². The first-order valence-corrected chi connectivity index (χ1v) is 7.98. The van der Waals surface area contributed by atoms with Gasteiger partial charge >= 0.3 is 0 Å². The van der Waals surface area contributed by atoms with E-state index in [9.17, 15) is 0 Å². The first-order valence-electron chi connectivity index (χ1n) is 6.99. The van der Waals surface area contributed by atoms with Crippen molar-refractivity contribution >= 4 is 11.8 Å². The maximum absolute atomic E-state index is 3.89. The zero-order valence-electron chi connectivity index (χ0n) is 11.1. The molecule has 0 spiro atoms. The van der Waals surface area contributed by atoms with Gasteiger partial charge in [-0.1, -0.05) is 18.2 Å². The molecule has 1 saturated heterocycles. The van der Waals surface area contributed by atoms with Crippen molar-refractivity contribution in [1.29, 1.82) is 0 Å². The zero-order chi connectivity index (χ0) is 12.4. The van der Waals surface area contributed by atoms with E-state index in [-0.39, 0.29) is 0 Å². The second-order valence-corrected chi connectivity index (χ2v) is 6.63. The average Bonchev–Trinajstić information content (AvgIpc) is 2.39. The van der Waals surface area contributed by atoms with E-state index < -0.39 is 0 Å². The molecule has 2 heterocycles. The number of thioether (sulfide) groups is 1. The lowest BCUT2D eigenvalue weighted by Gasteiger charge is -2.35. The van der Waals surface area contributed by atoms with E-state index in [1.807, 2.05) is 11.8 Å². The fourth-order valence-corrected chi connectivity index (χ4v) is 4.23. The van der Waals surface area contributed by atoms with Crippen LogP contribution >= 0.6 is 11.8 Å². The lowest BCUT2D eigenvalue weighted by molar-refractivity contribution is 0.214. The van der Waals surface area contributed by atoms with Crippen LogP contribution < -0.4 is 5.32 Å². The number of nitrogens with one attached hydrogen (secondary N) is 1. The fourth-order valence-electron chi connectivity index (χ4n) is 3.10. The number of hydrogen-bond acceptors (Lipinski definition) is 3. The number of benzene rings is 1. The zero-order valence-corrected chi connectivity index (χ0v) is 11.9. The first kappa shape index (κ1) is 12.5. The van der Waals surface area contributed by atoms with Crippen molar-refractivity contribution in [3.63, 3.8) is 0 Å². The number of rotatable bonds is 2. The molecule has 0 bridgehead atoms. The molecule has 2 atom stereocenters. The van der Waals surface area contributed by atoms with Crippen molar-refractivity contribution in [2.75, 3.05) is 25.9 Å². The summed E-state index contributed by atoms with van der Waals surface area (Å²) in [5, 5.41) is 3.89. The summed E-state index contributed by atoms with van der Waals surface area (Å²) in [6.45, 7) is 2.46. The third-order valence-electron chi connectivity index (χ3n) is 4.02. The molecule has 2 aliphatic rings. The lowest BCUT2D eigenvalue weighted by Crippen LogP contribution is -2.45. The Balaban J connectivity index is 1.70. The molecule has 0 amide bonds. The number of likely N-dealkylation sites (tertiary alicyclic amines) is 1. The van der Waals surface area contributed by atoms with Crippen LogP contribution in [-0.4, -0.2) is 36.8 Å². The summed E-state index contributed by atoms with van der Waals surface area (Å²) in [6, 6.07) is 10.1. The van der Waals surface area contributed by atoms with Gasteiger partial charge in [-0.05, 0) is 50.2 Å². The first-order chi connectivity index (χ1) is 8.83. The number of fused-ring (bicyclic) bond motifs is 1. The monoisotopic (exact) mass is 262 g/mol. The van der Waals surface area contributed by atoms with Crippen LogP contribution in [0.2, 0.25) is 0 Å². The van der Waals surface area contributed by atoms with Crippen LogP contribution in [0.1, 0.15) is 30.9 Å². The molecule has 1 N–H and O–H groups in total. The van der Waals surface area contributed by atoms with E-state index in [0.717, 1.165) is 0 Å². The highest BCUT2D eigenvalue weighted by Crippen LogP contribution is 2.36. The SMILES string of the molecule is CN1CCCC(NC2CCSc3ccccc32)C1. The predicted octanol–water partition coefficient (Wildman–Crippen LogP) is 2.91. The molecular weight excluding hydrogens is 240 g/mol. The Labute approximate surface area is 114 Å². The number of nitrogens with zero attached hydrogens (tertiary/aromatic N) is 1.